The van der Waals surface area contributed by atoms with E-state index in [1.807, 2.05) is 13.8 Å². The van der Waals surface area contributed by atoms with Crippen molar-refractivity contribution < 1.29 is 0 Å². The van der Waals surface area contributed by atoms with Crippen molar-refractivity contribution in [2.45, 2.75) is 69.2 Å². The van der Waals surface area contributed by atoms with Gasteiger partial charge in [0.2, 0.25) is 0 Å². The van der Waals surface area contributed by atoms with E-state index in [4.69, 9.17) is 0 Å². The third-order valence-electron chi connectivity index (χ3n) is 4.46. The van der Waals surface area contributed by atoms with Crippen molar-refractivity contribution in [3.05, 3.63) is 63.3 Å². The Hall–Kier alpha value is -1.56. The average molecular weight is 299 g/mol. The summed E-state index contributed by atoms with van der Waals surface area (Å²) in [4.78, 5) is 0. The van der Waals surface area contributed by atoms with Gasteiger partial charge in [0.1, 0.15) is 0 Å². The van der Waals surface area contributed by atoms with E-state index in [0.717, 1.165) is 0 Å². The summed E-state index contributed by atoms with van der Waals surface area (Å²) in [5, 5.41) is 0. The first kappa shape index (κ1) is 20.4. The van der Waals surface area contributed by atoms with Gasteiger partial charge in [-0.05, 0) is 94.4 Å². The summed E-state index contributed by atoms with van der Waals surface area (Å²) in [6.07, 6.45) is 6.65. The largest absolute Gasteiger partial charge is 0.0847 e. The summed E-state index contributed by atoms with van der Waals surface area (Å²) in [5.41, 5.74) is 10.9. The van der Waals surface area contributed by atoms with Gasteiger partial charge < -0.3 is 0 Å². The highest BCUT2D eigenvalue weighted by atomic mass is 14.2. The molecule has 0 radical (unpaired) electrons. The van der Waals surface area contributed by atoms with Crippen LogP contribution < -0.4 is 0 Å². The molecule has 0 N–H and O–H groups in total. The fraction of sp³-hybridized carbons (Fsp3) is 0.455. The minimum Gasteiger partial charge on any atom is -0.0847 e. The Balaban J connectivity index is 0.00000211. The normalized spacial score (nSPS) is 12.9. The van der Waals surface area contributed by atoms with Gasteiger partial charge in [-0.2, -0.15) is 0 Å². The molecule has 0 fully saturated rings. The van der Waals surface area contributed by atoms with E-state index in [2.05, 4.69) is 79.7 Å². The van der Waals surface area contributed by atoms with Crippen LogP contribution in [-0.4, -0.2) is 0 Å². The Morgan fingerprint density at radius 3 is 1.82 bits per heavy atom. The van der Waals surface area contributed by atoms with Gasteiger partial charge in [0.05, 0.1) is 0 Å². The quantitative estimate of drug-likeness (QED) is 0.515. The van der Waals surface area contributed by atoms with Crippen LogP contribution in [0.25, 0.3) is 5.57 Å². The lowest BCUT2D eigenvalue weighted by atomic mass is 9.87. The molecule has 0 amide bonds. The van der Waals surface area contributed by atoms with Crippen molar-refractivity contribution in [2.24, 2.45) is 0 Å². The highest BCUT2D eigenvalue weighted by Gasteiger charge is 2.12. The Kier molecular flexibility index (Phi) is 8.79. The van der Waals surface area contributed by atoms with Gasteiger partial charge in [-0.25, -0.2) is 0 Å². The van der Waals surface area contributed by atoms with Gasteiger partial charge in [0.15, 0.2) is 0 Å². The van der Waals surface area contributed by atoms with E-state index in [1.54, 1.807) is 0 Å². The number of rotatable bonds is 3. The average Bonchev–Trinajstić information content (AvgIpc) is 2.55. The van der Waals surface area contributed by atoms with Crippen molar-refractivity contribution in [3.8, 4) is 0 Å². The molecule has 1 aromatic carbocycles. The zero-order valence-corrected chi connectivity index (χ0v) is 16.3. The molecule has 22 heavy (non-hydrogen) atoms. The van der Waals surface area contributed by atoms with Crippen LogP contribution in [0.3, 0.4) is 0 Å². The lowest BCUT2D eigenvalue weighted by Crippen LogP contribution is -1.99. The Morgan fingerprint density at radius 1 is 0.818 bits per heavy atom. The molecule has 1 rings (SSSR count). The van der Waals surface area contributed by atoms with Crippen LogP contribution >= 0.6 is 0 Å². The topological polar surface area (TPSA) is 0 Å². The molecule has 1 aromatic rings. The van der Waals surface area contributed by atoms with E-state index in [-0.39, 0.29) is 0 Å². The summed E-state index contributed by atoms with van der Waals surface area (Å²) in [5.74, 6) is 0. The van der Waals surface area contributed by atoms with E-state index < -0.39 is 0 Å². The molecule has 0 unspecified atom stereocenters. The second-order valence-corrected chi connectivity index (χ2v) is 5.68. The molecule has 0 atom stereocenters. The zero-order valence-electron chi connectivity index (χ0n) is 16.3. The molecule has 0 heterocycles. The summed E-state index contributed by atoms with van der Waals surface area (Å²) >= 11 is 0. The highest BCUT2D eigenvalue weighted by Crippen LogP contribution is 2.31. The minimum atomic E-state index is 1.30. The number of hydrogen-bond acceptors (Lipinski definition) is 0. The van der Waals surface area contributed by atoms with Crippen molar-refractivity contribution in [1.29, 1.82) is 0 Å². The number of allylic oxidation sites excluding steroid dienone is 6. The molecule has 0 saturated heterocycles. The second kappa shape index (κ2) is 9.46. The maximum absolute atomic E-state index is 2.33. The van der Waals surface area contributed by atoms with Crippen LogP contribution in [0.4, 0.5) is 0 Å². The van der Waals surface area contributed by atoms with Crippen LogP contribution in [0.15, 0.2) is 35.4 Å². The maximum atomic E-state index is 2.33. The zero-order chi connectivity index (χ0) is 17.4. The SMILES string of the molecule is CC.C\C=C(C)/C=C(\C(C)=C\C)c1cc(C)c(C)c(C)c1C. The molecular weight excluding hydrogens is 264 g/mol. The van der Waals surface area contributed by atoms with Crippen LogP contribution in [0.5, 0.6) is 0 Å². The molecule has 0 saturated carbocycles. The van der Waals surface area contributed by atoms with Crippen molar-refractivity contribution in [2.75, 3.05) is 0 Å². The van der Waals surface area contributed by atoms with Crippen molar-refractivity contribution in [1.82, 2.24) is 0 Å². The molecule has 122 valence electrons. The van der Waals surface area contributed by atoms with Crippen molar-refractivity contribution >= 4 is 5.57 Å². The van der Waals surface area contributed by atoms with Crippen LogP contribution in [0.1, 0.15) is 69.4 Å². The van der Waals surface area contributed by atoms with Crippen LogP contribution in [0, 0.1) is 27.7 Å². The first-order valence-corrected chi connectivity index (χ1v) is 8.39. The molecule has 0 aliphatic carbocycles. The maximum Gasteiger partial charge on any atom is -0.0147 e. The second-order valence-electron chi connectivity index (χ2n) is 5.68. The lowest BCUT2D eigenvalue weighted by Gasteiger charge is -2.18. The summed E-state index contributed by atoms with van der Waals surface area (Å²) in [6.45, 7) is 21.4. The number of benzene rings is 1. The third kappa shape index (κ3) is 4.73. The smallest absolute Gasteiger partial charge is 0.0147 e. The molecular formula is C22H34. The first-order valence-electron chi connectivity index (χ1n) is 8.39. The Morgan fingerprint density at radius 2 is 1.36 bits per heavy atom. The fourth-order valence-electron chi connectivity index (χ4n) is 2.36. The molecule has 0 nitrogen and oxygen atoms in total. The van der Waals surface area contributed by atoms with Gasteiger partial charge in [-0.1, -0.05) is 43.7 Å². The van der Waals surface area contributed by atoms with Gasteiger partial charge >= 0.3 is 0 Å². The van der Waals surface area contributed by atoms with Crippen LogP contribution in [0.2, 0.25) is 0 Å². The Bertz CT molecular complexity index is 593. The summed E-state index contributed by atoms with van der Waals surface area (Å²) in [7, 11) is 0. The molecule has 0 heteroatoms. The standard InChI is InChI=1S/C20H28.C2H6/c1-9-13(3)11-19(14(4)10-2)20-12-15(5)16(6)17(7)18(20)8;1-2/h9-12H,1-8H3;1-2H3/b13-9-,14-10+,19-11+;. The first-order chi connectivity index (χ1) is 10.3. The molecule has 0 bridgehead atoms. The van der Waals surface area contributed by atoms with Gasteiger partial charge in [0, 0.05) is 0 Å². The van der Waals surface area contributed by atoms with E-state index >= 15 is 0 Å². The van der Waals surface area contributed by atoms with Gasteiger partial charge in [-0.3, -0.25) is 0 Å². The fourth-order valence-corrected chi connectivity index (χ4v) is 2.36. The van der Waals surface area contributed by atoms with E-state index in [1.165, 1.54) is 44.5 Å². The van der Waals surface area contributed by atoms with E-state index in [0.29, 0.717) is 0 Å². The molecule has 0 aliphatic heterocycles. The van der Waals surface area contributed by atoms with Crippen LogP contribution in [-0.2, 0) is 0 Å². The predicted octanol–water partition coefficient (Wildman–Crippen LogP) is 7.26. The monoisotopic (exact) mass is 298 g/mol. The van der Waals surface area contributed by atoms with Gasteiger partial charge in [0.25, 0.3) is 0 Å². The Labute approximate surface area is 138 Å². The van der Waals surface area contributed by atoms with E-state index in [9.17, 15) is 0 Å². The molecule has 0 spiro atoms. The number of hydrogen-bond donors (Lipinski definition) is 0. The molecule has 0 aliphatic rings. The van der Waals surface area contributed by atoms with Gasteiger partial charge in [-0.15, -0.1) is 0 Å². The lowest BCUT2D eigenvalue weighted by molar-refractivity contribution is 1.20. The summed E-state index contributed by atoms with van der Waals surface area (Å²) < 4.78 is 0. The highest BCUT2D eigenvalue weighted by molar-refractivity contribution is 5.82. The minimum absolute atomic E-state index is 1.30. The summed E-state index contributed by atoms with van der Waals surface area (Å²) in [6, 6.07) is 2.33. The molecule has 0 aromatic heterocycles. The van der Waals surface area contributed by atoms with Crippen molar-refractivity contribution in [3.63, 3.8) is 0 Å². The number of aryl methyl sites for hydroxylation is 1. The predicted molar refractivity (Wildman–Crippen MR) is 104 cm³/mol. The third-order valence-corrected chi connectivity index (χ3v) is 4.46.